The highest BCUT2D eigenvalue weighted by atomic mass is 16.4. The molecule has 0 unspecified atom stereocenters. The van der Waals surface area contributed by atoms with Crippen LogP contribution in [-0.4, -0.2) is 73.4 Å². The van der Waals surface area contributed by atoms with Gasteiger partial charge in [0.25, 0.3) is 5.91 Å². The molecule has 1 aliphatic rings. The van der Waals surface area contributed by atoms with Crippen molar-refractivity contribution in [3.8, 4) is 5.75 Å². The fourth-order valence-corrected chi connectivity index (χ4v) is 5.12. The molecule has 5 N–H and O–H groups in total. The molecule has 3 aromatic rings. The van der Waals surface area contributed by atoms with Gasteiger partial charge in [-0.15, -0.1) is 0 Å². The van der Waals surface area contributed by atoms with Gasteiger partial charge in [-0.1, -0.05) is 44.5 Å². The SMILES string of the molecule is CC[C@H](C)[C@H](NC(=O)[C@@H]1CCCN1C(=O)[C@H](Cc1cnc[nH]1)NC(=O)c1ccc(Cc2ccc(O)cc2)cc1)C(=O)O. The Morgan fingerprint density at radius 1 is 1.05 bits per heavy atom. The van der Waals surface area contributed by atoms with E-state index in [0.29, 0.717) is 43.5 Å². The average Bonchev–Trinajstić information content (AvgIpc) is 3.69. The lowest BCUT2D eigenvalue weighted by molar-refractivity contribution is -0.145. The minimum atomic E-state index is -1.12. The van der Waals surface area contributed by atoms with Crippen molar-refractivity contribution in [2.24, 2.45) is 5.92 Å². The molecule has 1 fully saturated rings. The number of phenolic OH excluding ortho intramolecular Hbond substituents is 1. The topological polar surface area (TPSA) is 165 Å². The summed E-state index contributed by atoms with van der Waals surface area (Å²) < 4.78 is 0. The number of hydrogen-bond acceptors (Lipinski definition) is 6. The van der Waals surface area contributed by atoms with Crippen LogP contribution in [0, 0.1) is 5.92 Å². The van der Waals surface area contributed by atoms with Gasteiger partial charge < -0.3 is 30.7 Å². The highest BCUT2D eigenvalue weighted by Crippen LogP contribution is 2.21. The van der Waals surface area contributed by atoms with Crippen LogP contribution in [0.4, 0.5) is 0 Å². The summed E-state index contributed by atoms with van der Waals surface area (Å²) in [5, 5.41) is 24.6. The first-order chi connectivity index (χ1) is 20.2. The summed E-state index contributed by atoms with van der Waals surface area (Å²) in [5.41, 5.74) is 3.00. The molecule has 2 heterocycles. The molecule has 11 nitrogen and oxygen atoms in total. The lowest BCUT2D eigenvalue weighted by Gasteiger charge is -2.30. The maximum atomic E-state index is 13.8. The minimum absolute atomic E-state index is 0.138. The number of amides is 3. The lowest BCUT2D eigenvalue weighted by Crippen LogP contribution is -2.56. The van der Waals surface area contributed by atoms with Crippen molar-refractivity contribution in [2.45, 2.75) is 64.1 Å². The van der Waals surface area contributed by atoms with Crippen LogP contribution >= 0.6 is 0 Å². The third-order valence-electron chi connectivity index (χ3n) is 7.76. The molecule has 2 aromatic carbocycles. The predicted octanol–water partition coefficient (Wildman–Crippen LogP) is 2.65. The van der Waals surface area contributed by atoms with Crippen molar-refractivity contribution >= 4 is 23.7 Å². The molecule has 1 aromatic heterocycles. The van der Waals surface area contributed by atoms with Crippen molar-refractivity contribution in [2.75, 3.05) is 6.54 Å². The Kier molecular flexibility index (Phi) is 9.95. The van der Waals surface area contributed by atoms with Gasteiger partial charge in [0.05, 0.1) is 6.33 Å². The van der Waals surface area contributed by atoms with Crippen LogP contribution in [0.3, 0.4) is 0 Å². The summed E-state index contributed by atoms with van der Waals surface area (Å²) in [4.78, 5) is 60.4. The Morgan fingerprint density at radius 3 is 2.31 bits per heavy atom. The Balaban J connectivity index is 1.47. The number of carbonyl (C=O) groups is 4. The molecule has 11 heteroatoms. The molecule has 4 atom stereocenters. The fraction of sp³-hybridized carbons (Fsp3) is 0.387. The van der Waals surface area contributed by atoms with E-state index in [1.54, 1.807) is 37.4 Å². The molecule has 1 aliphatic heterocycles. The molecule has 0 aliphatic carbocycles. The van der Waals surface area contributed by atoms with Crippen LogP contribution < -0.4 is 10.6 Å². The van der Waals surface area contributed by atoms with Crippen LogP contribution in [0.1, 0.15) is 60.3 Å². The minimum Gasteiger partial charge on any atom is -0.508 e. The van der Waals surface area contributed by atoms with E-state index in [0.717, 1.165) is 11.1 Å². The summed E-state index contributed by atoms with van der Waals surface area (Å²) in [6.07, 6.45) is 5.37. The van der Waals surface area contributed by atoms with Crippen LogP contribution in [-0.2, 0) is 27.2 Å². The van der Waals surface area contributed by atoms with Crippen LogP contribution in [0.5, 0.6) is 5.75 Å². The number of aliphatic carboxylic acids is 1. The van der Waals surface area contributed by atoms with E-state index in [1.165, 1.54) is 11.2 Å². The third kappa shape index (κ3) is 7.54. The number of carbonyl (C=O) groups excluding carboxylic acids is 3. The maximum absolute atomic E-state index is 13.8. The lowest BCUT2D eigenvalue weighted by atomic mass is 9.98. The van der Waals surface area contributed by atoms with E-state index in [9.17, 15) is 29.4 Å². The highest BCUT2D eigenvalue weighted by molar-refractivity contribution is 5.99. The first kappa shape index (κ1) is 30.3. The average molecular weight is 576 g/mol. The summed E-state index contributed by atoms with van der Waals surface area (Å²) in [5.74, 6) is -2.57. The zero-order valence-corrected chi connectivity index (χ0v) is 23.7. The largest absolute Gasteiger partial charge is 0.508 e. The fourth-order valence-electron chi connectivity index (χ4n) is 5.12. The molecule has 0 saturated carbocycles. The third-order valence-corrected chi connectivity index (χ3v) is 7.76. The normalized spacial score (nSPS) is 16.8. The number of imidazole rings is 1. The van der Waals surface area contributed by atoms with E-state index < -0.39 is 41.8 Å². The van der Waals surface area contributed by atoms with Crippen molar-refractivity contribution in [3.63, 3.8) is 0 Å². The van der Waals surface area contributed by atoms with E-state index in [-0.39, 0.29) is 18.1 Å². The number of phenols is 1. The summed E-state index contributed by atoms with van der Waals surface area (Å²) in [6.45, 7) is 3.93. The van der Waals surface area contributed by atoms with Gasteiger partial charge in [0.2, 0.25) is 11.8 Å². The number of carboxylic acid groups (broad SMARTS) is 1. The standard InChI is InChI=1S/C31H37N5O6/c1-3-19(2)27(31(41)42)35-29(39)26-5-4-14-36(26)30(40)25(16-23-17-32-18-33-23)34-28(38)22-10-6-20(7-11-22)15-21-8-12-24(37)13-9-21/h6-13,17-19,25-27,37H,3-5,14-16H2,1-2H3,(H,32,33)(H,34,38)(H,35,39)(H,41,42)/t19-,25-,26-,27-/m0/s1. The number of nitrogens with one attached hydrogen (secondary N) is 3. The number of aromatic amines is 1. The monoisotopic (exact) mass is 575 g/mol. The number of rotatable bonds is 12. The second-order valence-electron chi connectivity index (χ2n) is 10.7. The zero-order chi connectivity index (χ0) is 30.2. The summed E-state index contributed by atoms with van der Waals surface area (Å²) in [6, 6.07) is 11.1. The van der Waals surface area contributed by atoms with Gasteiger partial charge in [-0.3, -0.25) is 14.4 Å². The number of aromatic hydroxyl groups is 1. The zero-order valence-electron chi connectivity index (χ0n) is 23.7. The molecular weight excluding hydrogens is 538 g/mol. The number of nitrogens with zero attached hydrogens (tertiary/aromatic N) is 2. The number of benzene rings is 2. The number of aromatic nitrogens is 2. The predicted molar refractivity (Wildman–Crippen MR) is 155 cm³/mol. The van der Waals surface area contributed by atoms with Gasteiger partial charge in [0.1, 0.15) is 23.9 Å². The maximum Gasteiger partial charge on any atom is 0.326 e. The van der Waals surface area contributed by atoms with Gasteiger partial charge in [-0.25, -0.2) is 9.78 Å². The molecule has 222 valence electrons. The van der Waals surface area contributed by atoms with Crippen molar-refractivity contribution in [3.05, 3.63) is 83.4 Å². The van der Waals surface area contributed by atoms with Gasteiger partial charge in [0.15, 0.2) is 0 Å². The Bertz CT molecular complexity index is 1370. The Labute approximate surface area is 244 Å². The van der Waals surface area contributed by atoms with E-state index in [2.05, 4.69) is 20.6 Å². The van der Waals surface area contributed by atoms with E-state index >= 15 is 0 Å². The summed E-state index contributed by atoms with van der Waals surface area (Å²) >= 11 is 0. The first-order valence-electron chi connectivity index (χ1n) is 14.1. The smallest absolute Gasteiger partial charge is 0.326 e. The van der Waals surface area contributed by atoms with Crippen molar-refractivity contribution in [1.29, 1.82) is 0 Å². The highest BCUT2D eigenvalue weighted by Gasteiger charge is 2.39. The molecule has 4 rings (SSSR count). The molecular formula is C31H37N5O6. The molecule has 3 amide bonds. The number of likely N-dealkylation sites (tertiary alicyclic amines) is 1. The van der Waals surface area contributed by atoms with Crippen molar-refractivity contribution < 1.29 is 29.4 Å². The van der Waals surface area contributed by atoms with Crippen molar-refractivity contribution in [1.82, 2.24) is 25.5 Å². The van der Waals surface area contributed by atoms with Crippen LogP contribution in [0.15, 0.2) is 61.1 Å². The molecule has 0 radical (unpaired) electrons. The molecule has 0 spiro atoms. The van der Waals surface area contributed by atoms with E-state index in [4.69, 9.17) is 0 Å². The number of hydrogen-bond donors (Lipinski definition) is 5. The van der Waals surface area contributed by atoms with Gasteiger partial charge in [-0.05, 0) is 60.6 Å². The van der Waals surface area contributed by atoms with Gasteiger partial charge in [0, 0.05) is 30.4 Å². The Hall–Kier alpha value is -4.67. The first-order valence-corrected chi connectivity index (χ1v) is 14.1. The van der Waals surface area contributed by atoms with Crippen LogP contribution in [0.25, 0.3) is 0 Å². The second-order valence-corrected chi connectivity index (χ2v) is 10.7. The molecule has 1 saturated heterocycles. The van der Waals surface area contributed by atoms with Gasteiger partial charge in [-0.2, -0.15) is 0 Å². The number of H-pyrrole nitrogens is 1. The summed E-state index contributed by atoms with van der Waals surface area (Å²) in [7, 11) is 0. The molecule has 42 heavy (non-hydrogen) atoms. The van der Waals surface area contributed by atoms with E-state index in [1.807, 2.05) is 31.2 Å². The quantitative estimate of drug-likeness (QED) is 0.222. The van der Waals surface area contributed by atoms with Gasteiger partial charge >= 0.3 is 5.97 Å². The number of carboxylic acids is 1. The second kappa shape index (κ2) is 13.8. The molecule has 0 bridgehead atoms. The Morgan fingerprint density at radius 2 is 1.71 bits per heavy atom. The van der Waals surface area contributed by atoms with Crippen LogP contribution in [0.2, 0.25) is 0 Å².